The Hall–Kier alpha value is -2.28. The first kappa shape index (κ1) is 17.5. The highest BCUT2D eigenvalue weighted by Crippen LogP contribution is 2.22. The van der Waals surface area contributed by atoms with Gasteiger partial charge in [0, 0.05) is 38.2 Å². The van der Waals surface area contributed by atoms with E-state index in [1.807, 2.05) is 4.90 Å². The van der Waals surface area contributed by atoms with E-state index in [0.29, 0.717) is 36.8 Å². The van der Waals surface area contributed by atoms with Crippen LogP contribution in [0.4, 0.5) is 10.1 Å². The summed E-state index contributed by atoms with van der Waals surface area (Å²) in [5, 5.41) is 3.97. The van der Waals surface area contributed by atoms with Gasteiger partial charge in [0.15, 0.2) is 11.6 Å². The van der Waals surface area contributed by atoms with Gasteiger partial charge in [-0.1, -0.05) is 12.1 Å². The third-order valence-electron chi connectivity index (χ3n) is 4.41. The number of nitrogens with zero attached hydrogens (tertiary/aromatic N) is 4. The molecule has 1 aromatic heterocycles. The highest BCUT2D eigenvalue weighted by molar-refractivity contribution is 5.94. The molecular formula is C18H23FN4O2. The molecule has 0 amide bonds. The number of halogens is 1. The lowest BCUT2D eigenvalue weighted by Crippen LogP contribution is -2.46. The summed E-state index contributed by atoms with van der Waals surface area (Å²) in [7, 11) is 0. The number of Topliss-reactive ketones (excluding diaryl/α,β-unsaturated/α-hetero) is 1. The van der Waals surface area contributed by atoms with Crippen molar-refractivity contribution < 1.29 is 13.7 Å². The largest absolute Gasteiger partial charge is 0.367 e. The standard InChI is InChI=1S/C18H23FN4O2/c1-3-4-17-20-18(25-21-17)12-22-7-9-23(10-8-22)16-6-5-14(13(2)24)11-15(16)19/h5-6,11H,3-4,7-10,12H2,1-2H3. The lowest BCUT2D eigenvalue weighted by molar-refractivity contribution is 0.101. The zero-order chi connectivity index (χ0) is 17.8. The molecule has 0 unspecified atom stereocenters. The molecular weight excluding hydrogens is 323 g/mol. The molecule has 1 aliphatic heterocycles. The molecule has 1 saturated heterocycles. The summed E-state index contributed by atoms with van der Waals surface area (Å²) in [6.07, 6.45) is 1.82. The lowest BCUT2D eigenvalue weighted by atomic mass is 10.1. The van der Waals surface area contributed by atoms with E-state index in [4.69, 9.17) is 4.52 Å². The first-order chi connectivity index (χ1) is 12.1. The molecule has 0 radical (unpaired) electrons. The molecule has 1 fully saturated rings. The van der Waals surface area contributed by atoms with Crippen molar-refractivity contribution in [3.05, 3.63) is 41.3 Å². The fourth-order valence-electron chi connectivity index (χ4n) is 3.00. The molecule has 3 rings (SSSR count). The van der Waals surface area contributed by atoms with Crippen LogP contribution in [0.15, 0.2) is 22.7 Å². The van der Waals surface area contributed by atoms with Crippen LogP contribution in [0.5, 0.6) is 0 Å². The maximum absolute atomic E-state index is 14.3. The number of hydrogen-bond acceptors (Lipinski definition) is 6. The molecule has 1 aromatic carbocycles. The number of hydrogen-bond donors (Lipinski definition) is 0. The van der Waals surface area contributed by atoms with E-state index in [9.17, 15) is 9.18 Å². The minimum atomic E-state index is -0.345. The highest BCUT2D eigenvalue weighted by atomic mass is 19.1. The van der Waals surface area contributed by atoms with Crippen molar-refractivity contribution in [2.45, 2.75) is 33.2 Å². The Balaban J connectivity index is 1.57. The summed E-state index contributed by atoms with van der Waals surface area (Å²) in [5.41, 5.74) is 0.951. The summed E-state index contributed by atoms with van der Waals surface area (Å²) in [5.74, 6) is 0.914. The molecule has 7 heteroatoms. The summed E-state index contributed by atoms with van der Waals surface area (Å²) in [6, 6.07) is 4.69. The van der Waals surface area contributed by atoms with Crippen molar-refractivity contribution in [2.24, 2.45) is 0 Å². The van der Waals surface area contributed by atoms with Crippen molar-refractivity contribution in [3.8, 4) is 0 Å². The van der Waals surface area contributed by atoms with Crippen LogP contribution in [0.2, 0.25) is 0 Å². The number of aromatic nitrogens is 2. The third-order valence-corrected chi connectivity index (χ3v) is 4.41. The van der Waals surface area contributed by atoms with Gasteiger partial charge in [-0.2, -0.15) is 4.98 Å². The Labute approximate surface area is 146 Å². The third kappa shape index (κ3) is 4.22. The van der Waals surface area contributed by atoms with Crippen LogP contribution >= 0.6 is 0 Å². The van der Waals surface area contributed by atoms with Crippen LogP contribution < -0.4 is 4.90 Å². The van der Waals surface area contributed by atoms with Gasteiger partial charge >= 0.3 is 0 Å². The van der Waals surface area contributed by atoms with E-state index in [1.165, 1.54) is 13.0 Å². The monoisotopic (exact) mass is 346 g/mol. The van der Waals surface area contributed by atoms with Crippen molar-refractivity contribution in [1.29, 1.82) is 0 Å². The second-order valence-corrected chi connectivity index (χ2v) is 6.34. The SMILES string of the molecule is CCCc1noc(CN2CCN(c3ccc(C(C)=O)cc3F)CC2)n1. The van der Waals surface area contributed by atoms with Crippen molar-refractivity contribution in [2.75, 3.05) is 31.1 Å². The fourth-order valence-corrected chi connectivity index (χ4v) is 3.00. The molecule has 0 aliphatic carbocycles. The number of aryl methyl sites for hydroxylation is 1. The van der Waals surface area contributed by atoms with Gasteiger partial charge in [-0.3, -0.25) is 9.69 Å². The predicted octanol–water partition coefficient (Wildman–Crippen LogP) is 2.69. The minimum absolute atomic E-state index is 0.128. The van der Waals surface area contributed by atoms with Crippen LogP contribution in [0.1, 0.15) is 42.3 Å². The summed E-state index contributed by atoms with van der Waals surface area (Å²) < 4.78 is 19.6. The molecule has 0 bridgehead atoms. The van der Waals surface area contributed by atoms with Gasteiger partial charge in [-0.15, -0.1) is 0 Å². The van der Waals surface area contributed by atoms with Gasteiger partial charge in [0.2, 0.25) is 5.89 Å². The zero-order valence-corrected chi connectivity index (χ0v) is 14.7. The Bertz CT molecular complexity index is 738. The molecule has 0 atom stereocenters. The predicted molar refractivity (Wildman–Crippen MR) is 92.2 cm³/mol. The molecule has 25 heavy (non-hydrogen) atoms. The summed E-state index contributed by atoms with van der Waals surface area (Å²) >= 11 is 0. The molecule has 2 heterocycles. The summed E-state index contributed by atoms with van der Waals surface area (Å²) in [4.78, 5) is 20.0. The van der Waals surface area contributed by atoms with Crippen LogP contribution in [0.3, 0.4) is 0 Å². The average Bonchev–Trinajstić information content (AvgIpc) is 3.03. The van der Waals surface area contributed by atoms with Crippen LogP contribution in [-0.2, 0) is 13.0 Å². The number of carbonyl (C=O) groups excluding carboxylic acids is 1. The Morgan fingerprint density at radius 1 is 1.28 bits per heavy atom. The molecule has 0 spiro atoms. The maximum Gasteiger partial charge on any atom is 0.240 e. The van der Waals surface area contributed by atoms with Gasteiger partial charge in [0.25, 0.3) is 0 Å². The summed E-state index contributed by atoms with van der Waals surface area (Å²) in [6.45, 7) is 7.15. The van der Waals surface area contributed by atoms with Crippen molar-refractivity contribution in [3.63, 3.8) is 0 Å². The van der Waals surface area contributed by atoms with E-state index in [0.717, 1.165) is 31.8 Å². The number of carbonyl (C=O) groups is 1. The van der Waals surface area contributed by atoms with E-state index in [-0.39, 0.29) is 11.6 Å². The molecule has 0 N–H and O–H groups in total. The van der Waals surface area contributed by atoms with Crippen LogP contribution in [0, 0.1) is 5.82 Å². The second kappa shape index (κ2) is 7.74. The van der Waals surface area contributed by atoms with Crippen molar-refractivity contribution in [1.82, 2.24) is 15.0 Å². The first-order valence-corrected chi connectivity index (χ1v) is 8.66. The number of rotatable bonds is 6. The normalized spacial score (nSPS) is 15.6. The average molecular weight is 346 g/mol. The maximum atomic E-state index is 14.3. The number of anilines is 1. The van der Waals surface area contributed by atoms with Crippen molar-refractivity contribution >= 4 is 11.5 Å². The van der Waals surface area contributed by atoms with E-state index >= 15 is 0 Å². The van der Waals surface area contributed by atoms with E-state index in [2.05, 4.69) is 22.0 Å². The Morgan fingerprint density at radius 2 is 2.04 bits per heavy atom. The number of benzene rings is 1. The van der Waals surface area contributed by atoms with Gasteiger partial charge < -0.3 is 9.42 Å². The molecule has 1 aliphatic rings. The number of piperazine rings is 1. The van der Waals surface area contributed by atoms with Gasteiger partial charge in [0.1, 0.15) is 5.82 Å². The molecule has 2 aromatic rings. The Kier molecular flexibility index (Phi) is 5.43. The molecule has 6 nitrogen and oxygen atoms in total. The van der Waals surface area contributed by atoms with Crippen LogP contribution in [0.25, 0.3) is 0 Å². The first-order valence-electron chi connectivity index (χ1n) is 8.66. The smallest absolute Gasteiger partial charge is 0.240 e. The molecule has 134 valence electrons. The van der Waals surface area contributed by atoms with Crippen LogP contribution in [-0.4, -0.2) is 47.0 Å². The topological polar surface area (TPSA) is 62.5 Å². The van der Waals surface area contributed by atoms with Gasteiger partial charge in [-0.25, -0.2) is 4.39 Å². The highest BCUT2D eigenvalue weighted by Gasteiger charge is 2.21. The second-order valence-electron chi connectivity index (χ2n) is 6.34. The minimum Gasteiger partial charge on any atom is -0.367 e. The molecule has 0 saturated carbocycles. The van der Waals surface area contributed by atoms with E-state index in [1.54, 1.807) is 12.1 Å². The fraction of sp³-hybridized carbons (Fsp3) is 0.500. The zero-order valence-electron chi connectivity index (χ0n) is 14.7. The lowest BCUT2D eigenvalue weighted by Gasteiger charge is -2.35. The number of ketones is 1. The van der Waals surface area contributed by atoms with Gasteiger partial charge in [0.05, 0.1) is 12.2 Å². The van der Waals surface area contributed by atoms with Gasteiger partial charge in [-0.05, 0) is 31.5 Å². The van der Waals surface area contributed by atoms with E-state index < -0.39 is 0 Å². The Morgan fingerprint density at radius 3 is 2.68 bits per heavy atom. The quantitative estimate of drug-likeness (QED) is 0.750.